The normalized spacial score (nSPS) is 22.4. The number of aliphatic hydroxyl groups excluding tert-OH is 1. The number of likely N-dealkylation sites (tertiary alicyclic amines) is 1. The summed E-state index contributed by atoms with van der Waals surface area (Å²) in [7, 11) is 0. The summed E-state index contributed by atoms with van der Waals surface area (Å²) in [6.07, 6.45) is 3.57. The summed E-state index contributed by atoms with van der Waals surface area (Å²) < 4.78 is 5.20. The highest BCUT2D eigenvalue weighted by Gasteiger charge is 2.30. The summed E-state index contributed by atoms with van der Waals surface area (Å²) in [5.74, 6) is 1.70. The smallest absolute Gasteiger partial charge is 0.226 e. The topological polar surface area (TPSA) is 79.5 Å². The number of aliphatic hydroxyl groups is 1. The second-order valence-corrected chi connectivity index (χ2v) is 7.00. The molecule has 2 aromatic rings. The van der Waals surface area contributed by atoms with Gasteiger partial charge in [0.2, 0.25) is 17.6 Å². The van der Waals surface area contributed by atoms with Crippen molar-refractivity contribution in [3.63, 3.8) is 0 Å². The van der Waals surface area contributed by atoms with Gasteiger partial charge in [-0.25, -0.2) is 0 Å². The van der Waals surface area contributed by atoms with E-state index in [0.29, 0.717) is 37.6 Å². The SMILES string of the molecule is CCc1nc(-c2ccc3c(c2)CC[C@H]3CC(=O)N2CC[C@@H](O)C2)no1. The molecule has 2 heterocycles. The van der Waals surface area contributed by atoms with Crippen LogP contribution in [0, 0.1) is 0 Å². The molecule has 6 nitrogen and oxygen atoms in total. The molecule has 6 heteroatoms. The van der Waals surface area contributed by atoms with Crippen molar-refractivity contribution in [2.45, 2.75) is 51.0 Å². The first-order valence-electron chi connectivity index (χ1n) is 9.05. The van der Waals surface area contributed by atoms with E-state index in [9.17, 15) is 9.90 Å². The molecule has 1 aliphatic carbocycles. The Morgan fingerprint density at radius 3 is 3.00 bits per heavy atom. The van der Waals surface area contributed by atoms with Crippen LogP contribution in [0.3, 0.4) is 0 Å². The lowest BCUT2D eigenvalue weighted by atomic mass is 9.96. The summed E-state index contributed by atoms with van der Waals surface area (Å²) in [5, 5.41) is 13.7. The molecule has 1 N–H and O–H groups in total. The van der Waals surface area contributed by atoms with E-state index < -0.39 is 0 Å². The first-order chi connectivity index (χ1) is 12.1. The predicted octanol–water partition coefficient (Wildman–Crippen LogP) is 2.31. The number of nitrogens with zero attached hydrogens (tertiary/aromatic N) is 3. The van der Waals surface area contributed by atoms with Gasteiger partial charge in [0.25, 0.3) is 0 Å². The summed E-state index contributed by atoms with van der Waals surface area (Å²) in [5.41, 5.74) is 3.51. The van der Waals surface area contributed by atoms with Gasteiger partial charge >= 0.3 is 0 Å². The lowest BCUT2D eigenvalue weighted by Crippen LogP contribution is -2.30. The van der Waals surface area contributed by atoms with Gasteiger partial charge in [-0.15, -0.1) is 0 Å². The summed E-state index contributed by atoms with van der Waals surface area (Å²) >= 11 is 0. The van der Waals surface area contributed by atoms with Gasteiger partial charge in [0.15, 0.2) is 0 Å². The molecule has 2 atom stereocenters. The number of hydrogen-bond donors (Lipinski definition) is 1. The highest BCUT2D eigenvalue weighted by atomic mass is 16.5. The number of amides is 1. The largest absolute Gasteiger partial charge is 0.391 e. The average molecular weight is 341 g/mol. The van der Waals surface area contributed by atoms with Crippen molar-refractivity contribution in [1.29, 1.82) is 0 Å². The number of aryl methyl sites for hydroxylation is 2. The van der Waals surface area contributed by atoms with E-state index >= 15 is 0 Å². The minimum atomic E-state index is -0.356. The Bertz CT molecular complexity index is 786. The summed E-state index contributed by atoms with van der Waals surface area (Å²) in [6, 6.07) is 6.26. The average Bonchev–Trinajstić information content (AvgIpc) is 3.34. The monoisotopic (exact) mass is 341 g/mol. The van der Waals surface area contributed by atoms with Crippen LogP contribution in [0.2, 0.25) is 0 Å². The number of fused-ring (bicyclic) bond motifs is 1. The van der Waals surface area contributed by atoms with Crippen LogP contribution < -0.4 is 0 Å². The fourth-order valence-electron chi connectivity index (χ4n) is 3.88. The van der Waals surface area contributed by atoms with E-state index in [-0.39, 0.29) is 17.9 Å². The van der Waals surface area contributed by atoms with E-state index in [0.717, 1.165) is 24.8 Å². The maximum atomic E-state index is 12.5. The van der Waals surface area contributed by atoms with Crippen molar-refractivity contribution in [1.82, 2.24) is 15.0 Å². The van der Waals surface area contributed by atoms with E-state index in [2.05, 4.69) is 22.3 Å². The third-order valence-electron chi connectivity index (χ3n) is 5.31. The molecule has 1 aromatic carbocycles. The molecule has 0 bridgehead atoms. The van der Waals surface area contributed by atoms with Gasteiger partial charge in [0.05, 0.1) is 6.10 Å². The quantitative estimate of drug-likeness (QED) is 0.923. The molecule has 1 aliphatic heterocycles. The fourth-order valence-corrected chi connectivity index (χ4v) is 3.88. The van der Waals surface area contributed by atoms with E-state index in [1.165, 1.54) is 11.1 Å². The lowest BCUT2D eigenvalue weighted by Gasteiger charge is -2.18. The molecule has 0 unspecified atom stereocenters. The minimum absolute atomic E-state index is 0.157. The first-order valence-corrected chi connectivity index (χ1v) is 9.05. The first kappa shape index (κ1) is 16.3. The van der Waals surface area contributed by atoms with E-state index in [1.54, 1.807) is 4.90 Å². The third kappa shape index (κ3) is 3.18. The van der Waals surface area contributed by atoms with E-state index in [1.807, 2.05) is 13.0 Å². The Balaban J connectivity index is 1.48. The Hall–Kier alpha value is -2.21. The summed E-state index contributed by atoms with van der Waals surface area (Å²) in [4.78, 5) is 18.6. The van der Waals surface area contributed by atoms with E-state index in [4.69, 9.17) is 4.52 Å². The van der Waals surface area contributed by atoms with Crippen molar-refractivity contribution in [3.8, 4) is 11.4 Å². The Morgan fingerprint density at radius 2 is 2.28 bits per heavy atom. The number of aromatic nitrogens is 2. The van der Waals surface area contributed by atoms with Crippen LogP contribution in [0.25, 0.3) is 11.4 Å². The molecule has 1 saturated heterocycles. The lowest BCUT2D eigenvalue weighted by molar-refractivity contribution is -0.130. The molecule has 0 spiro atoms. The van der Waals surface area contributed by atoms with Gasteiger partial charge in [-0.1, -0.05) is 24.2 Å². The van der Waals surface area contributed by atoms with Crippen molar-refractivity contribution >= 4 is 5.91 Å². The van der Waals surface area contributed by atoms with Crippen LogP contribution in [-0.2, 0) is 17.6 Å². The van der Waals surface area contributed by atoms with Crippen LogP contribution in [0.4, 0.5) is 0 Å². The van der Waals surface area contributed by atoms with Gasteiger partial charge in [-0.05, 0) is 42.4 Å². The molecule has 132 valence electrons. The molecular weight excluding hydrogens is 318 g/mol. The Morgan fingerprint density at radius 1 is 1.40 bits per heavy atom. The molecule has 1 fully saturated rings. The zero-order valence-electron chi connectivity index (χ0n) is 14.4. The fraction of sp³-hybridized carbons (Fsp3) is 0.526. The second kappa shape index (κ2) is 6.59. The standard InChI is InChI=1S/C19H23N3O3/c1-2-17-20-19(21-25-17)14-5-6-16-12(9-14)3-4-13(16)10-18(24)22-8-7-15(23)11-22/h5-6,9,13,15,23H,2-4,7-8,10-11H2,1H3/t13-,15+/m0/s1. The number of carbonyl (C=O) groups excluding carboxylic acids is 1. The molecule has 0 saturated carbocycles. The number of β-amino-alcohol motifs (C(OH)–C–C–N with tert-alkyl or cyclic N) is 1. The Kier molecular flexibility index (Phi) is 4.29. The molecule has 4 rings (SSSR count). The maximum absolute atomic E-state index is 12.5. The van der Waals surface area contributed by atoms with Crippen molar-refractivity contribution < 1.29 is 14.4 Å². The molecule has 0 radical (unpaired) electrons. The maximum Gasteiger partial charge on any atom is 0.226 e. The number of hydrogen-bond acceptors (Lipinski definition) is 5. The second-order valence-electron chi connectivity index (χ2n) is 7.00. The molecular formula is C19H23N3O3. The minimum Gasteiger partial charge on any atom is -0.391 e. The zero-order valence-corrected chi connectivity index (χ0v) is 14.4. The van der Waals surface area contributed by atoms with Gasteiger partial charge in [-0.3, -0.25) is 4.79 Å². The highest BCUT2D eigenvalue weighted by molar-refractivity contribution is 5.78. The van der Waals surface area contributed by atoms with Crippen LogP contribution in [-0.4, -0.2) is 45.2 Å². The van der Waals surface area contributed by atoms with Crippen molar-refractivity contribution in [2.24, 2.45) is 0 Å². The van der Waals surface area contributed by atoms with Gasteiger partial charge in [0, 0.05) is 31.5 Å². The summed E-state index contributed by atoms with van der Waals surface area (Å²) in [6.45, 7) is 3.14. The molecule has 1 amide bonds. The highest BCUT2D eigenvalue weighted by Crippen LogP contribution is 2.37. The van der Waals surface area contributed by atoms with Crippen LogP contribution in [0.15, 0.2) is 22.7 Å². The van der Waals surface area contributed by atoms with Crippen molar-refractivity contribution in [3.05, 3.63) is 35.2 Å². The number of carbonyl (C=O) groups is 1. The molecule has 25 heavy (non-hydrogen) atoms. The zero-order chi connectivity index (χ0) is 17.4. The molecule has 2 aliphatic rings. The van der Waals surface area contributed by atoms with Crippen LogP contribution >= 0.6 is 0 Å². The molecule has 1 aromatic heterocycles. The Labute approximate surface area is 146 Å². The number of benzene rings is 1. The van der Waals surface area contributed by atoms with Crippen LogP contribution in [0.5, 0.6) is 0 Å². The van der Waals surface area contributed by atoms with Crippen molar-refractivity contribution in [2.75, 3.05) is 13.1 Å². The number of rotatable bonds is 4. The van der Waals surface area contributed by atoms with Gasteiger partial charge < -0.3 is 14.5 Å². The van der Waals surface area contributed by atoms with Gasteiger partial charge in [-0.2, -0.15) is 4.98 Å². The van der Waals surface area contributed by atoms with Gasteiger partial charge in [0.1, 0.15) is 0 Å². The van der Waals surface area contributed by atoms with Crippen LogP contribution in [0.1, 0.15) is 49.1 Å². The third-order valence-corrected chi connectivity index (χ3v) is 5.31. The predicted molar refractivity (Wildman–Crippen MR) is 92.0 cm³/mol.